The maximum atomic E-state index is 13.0. The fraction of sp³-hybridized carbons (Fsp3) is 0.476. The lowest BCUT2D eigenvalue weighted by Crippen LogP contribution is -2.46. The number of halogens is 3. The van der Waals surface area contributed by atoms with Crippen LogP contribution < -0.4 is 4.74 Å². The third-order valence-corrected chi connectivity index (χ3v) is 6.19. The average Bonchev–Trinajstić information content (AvgIpc) is 3.22. The minimum atomic E-state index is -4.46. The number of carbonyl (C=O) groups excluding carboxylic acids is 1. The number of nitrogens with zero attached hydrogens (tertiary/aromatic N) is 1. The molecule has 0 bridgehead atoms. The van der Waals surface area contributed by atoms with Gasteiger partial charge in [-0.3, -0.25) is 0 Å². The highest BCUT2D eigenvalue weighted by Gasteiger charge is 2.37. The van der Waals surface area contributed by atoms with Gasteiger partial charge in [-0.1, -0.05) is 12.1 Å². The first-order chi connectivity index (χ1) is 14.6. The number of methoxy groups -OCH3 is 1. The average molecular weight is 459 g/mol. The molecule has 1 aliphatic rings. The molecular formula is C21H24F3NO5S. The van der Waals surface area contributed by atoms with Gasteiger partial charge in [-0.05, 0) is 42.0 Å². The number of likely N-dealkylation sites (tertiary alicyclic amines) is 1. The van der Waals surface area contributed by atoms with Gasteiger partial charge in [0.05, 0.1) is 18.3 Å². The molecule has 6 nitrogen and oxygen atoms in total. The molecule has 1 unspecified atom stereocenters. The molecule has 1 fully saturated rings. The Hall–Kier alpha value is -2.14. The summed E-state index contributed by atoms with van der Waals surface area (Å²) in [5.41, 5.74) is -1.88. The van der Waals surface area contributed by atoms with E-state index in [1.165, 1.54) is 30.6 Å². The van der Waals surface area contributed by atoms with Crippen molar-refractivity contribution in [2.75, 3.05) is 33.4 Å². The van der Waals surface area contributed by atoms with Gasteiger partial charge in [0.2, 0.25) is 0 Å². The van der Waals surface area contributed by atoms with Crippen molar-refractivity contribution in [3.8, 4) is 5.75 Å². The number of carbonyl (C=O) groups is 1. The van der Waals surface area contributed by atoms with Crippen LogP contribution in [-0.2, 0) is 16.5 Å². The maximum Gasteiger partial charge on any atom is 0.416 e. The lowest BCUT2D eigenvalue weighted by molar-refractivity contribution is -0.137. The monoisotopic (exact) mass is 459 g/mol. The zero-order valence-corrected chi connectivity index (χ0v) is 17.7. The van der Waals surface area contributed by atoms with E-state index in [-0.39, 0.29) is 31.6 Å². The second kappa shape index (κ2) is 9.56. The molecule has 10 heteroatoms. The predicted molar refractivity (Wildman–Crippen MR) is 108 cm³/mol. The molecule has 0 saturated carbocycles. The van der Waals surface area contributed by atoms with Gasteiger partial charge in [-0.15, -0.1) is 11.3 Å². The van der Waals surface area contributed by atoms with E-state index in [1.807, 2.05) is 4.90 Å². The first kappa shape index (κ1) is 23.5. The molecule has 1 saturated heterocycles. The van der Waals surface area contributed by atoms with E-state index < -0.39 is 29.4 Å². The van der Waals surface area contributed by atoms with Gasteiger partial charge >= 0.3 is 12.1 Å². The van der Waals surface area contributed by atoms with Crippen LogP contribution in [0.15, 0.2) is 35.7 Å². The molecule has 1 atom stereocenters. The lowest BCUT2D eigenvalue weighted by atomic mass is 9.83. The van der Waals surface area contributed by atoms with Gasteiger partial charge in [-0.2, -0.15) is 13.2 Å². The van der Waals surface area contributed by atoms with E-state index >= 15 is 0 Å². The fourth-order valence-corrected chi connectivity index (χ4v) is 4.32. The summed E-state index contributed by atoms with van der Waals surface area (Å²) >= 11 is 1.18. The van der Waals surface area contributed by atoms with Crippen LogP contribution in [0.2, 0.25) is 0 Å². The van der Waals surface area contributed by atoms with E-state index in [1.54, 1.807) is 11.4 Å². The van der Waals surface area contributed by atoms with Gasteiger partial charge in [-0.25, -0.2) is 4.79 Å². The summed E-state index contributed by atoms with van der Waals surface area (Å²) in [5, 5.41) is 22.9. The number of thiophene rings is 1. The van der Waals surface area contributed by atoms with Crippen molar-refractivity contribution in [3.63, 3.8) is 0 Å². The number of esters is 1. The molecule has 0 amide bonds. The number of β-amino-alcohol motifs (C(OH)–C–C–N with tert-alkyl or cyclic N) is 1. The van der Waals surface area contributed by atoms with Crippen molar-refractivity contribution in [1.29, 1.82) is 0 Å². The number of alkyl halides is 3. The normalized spacial score (nSPS) is 17.9. The number of aliphatic hydroxyl groups excluding tert-OH is 1. The standard InChI is InChI=1S/C21H24F3NO5S/c1-29-19(27)18-17(5-10-31-18)30-13-16(26)12-25-8-6-20(28,7-9-25)14-3-2-4-15(11-14)21(22,23)24/h2-5,10-11,16,26,28H,6-9,12-13H2,1H3. The minimum Gasteiger partial charge on any atom is -0.489 e. The van der Waals surface area contributed by atoms with Crippen molar-refractivity contribution < 1.29 is 37.7 Å². The highest BCUT2D eigenvalue weighted by atomic mass is 32.1. The van der Waals surface area contributed by atoms with Crippen LogP contribution in [-0.4, -0.2) is 60.5 Å². The van der Waals surface area contributed by atoms with Crippen LogP contribution in [0.1, 0.15) is 33.6 Å². The van der Waals surface area contributed by atoms with Crippen molar-refractivity contribution >= 4 is 17.3 Å². The third-order valence-electron chi connectivity index (χ3n) is 5.31. The van der Waals surface area contributed by atoms with E-state index in [4.69, 9.17) is 4.74 Å². The first-order valence-electron chi connectivity index (χ1n) is 9.71. The molecule has 0 spiro atoms. The minimum absolute atomic E-state index is 0.0326. The van der Waals surface area contributed by atoms with Gasteiger partial charge in [0.15, 0.2) is 4.88 Å². The number of rotatable bonds is 7. The maximum absolute atomic E-state index is 13.0. The number of aliphatic hydroxyl groups is 2. The van der Waals surface area contributed by atoms with Gasteiger partial charge in [0.1, 0.15) is 18.5 Å². The van der Waals surface area contributed by atoms with Crippen LogP contribution in [0.25, 0.3) is 0 Å². The molecule has 0 aliphatic carbocycles. The Balaban J connectivity index is 1.52. The van der Waals surface area contributed by atoms with E-state index in [0.29, 0.717) is 23.7 Å². The Kier molecular flexibility index (Phi) is 7.25. The van der Waals surface area contributed by atoms with Gasteiger partial charge in [0.25, 0.3) is 0 Å². The summed E-state index contributed by atoms with van der Waals surface area (Å²) in [4.78, 5) is 13.9. The van der Waals surface area contributed by atoms with Crippen molar-refractivity contribution in [3.05, 3.63) is 51.7 Å². The smallest absolute Gasteiger partial charge is 0.416 e. The molecule has 1 aromatic carbocycles. The topological polar surface area (TPSA) is 79.2 Å². The third kappa shape index (κ3) is 5.76. The molecule has 3 rings (SSSR count). The van der Waals surface area contributed by atoms with E-state index in [2.05, 4.69) is 4.74 Å². The Bertz CT molecular complexity index is 893. The van der Waals surface area contributed by atoms with Crippen LogP contribution in [0.3, 0.4) is 0 Å². The SMILES string of the molecule is COC(=O)c1sccc1OCC(O)CN1CCC(O)(c2cccc(C(F)(F)F)c2)CC1. The summed E-state index contributed by atoms with van der Waals surface area (Å²) in [6.07, 6.45) is -4.81. The van der Waals surface area contributed by atoms with Crippen LogP contribution in [0.4, 0.5) is 13.2 Å². The summed E-state index contributed by atoms with van der Waals surface area (Å²) < 4.78 is 49.1. The zero-order valence-electron chi connectivity index (χ0n) is 16.9. The quantitative estimate of drug-likeness (QED) is 0.619. The molecule has 2 heterocycles. The Labute approximate surface area is 181 Å². The fourth-order valence-electron chi connectivity index (χ4n) is 3.57. The zero-order chi connectivity index (χ0) is 22.6. The Morgan fingerprint density at radius 2 is 2.00 bits per heavy atom. The van der Waals surface area contributed by atoms with Crippen molar-refractivity contribution in [2.45, 2.75) is 30.7 Å². The largest absolute Gasteiger partial charge is 0.489 e. The number of piperidine rings is 1. The van der Waals surface area contributed by atoms with E-state index in [0.717, 1.165) is 12.1 Å². The van der Waals surface area contributed by atoms with E-state index in [9.17, 15) is 28.2 Å². The summed E-state index contributed by atoms with van der Waals surface area (Å²) in [5.74, 6) is -0.169. The highest BCUT2D eigenvalue weighted by molar-refractivity contribution is 7.12. The highest BCUT2D eigenvalue weighted by Crippen LogP contribution is 2.36. The molecular weight excluding hydrogens is 435 g/mol. The molecule has 170 valence electrons. The van der Waals surface area contributed by atoms with Crippen molar-refractivity contribution in [2.24, 2.45) is 0 Å². The molecule has 1 aliphatic heterocycles. The number of hydrogen-bond acceptors (Lipinski definition) is 7. The first-order valence-corrected chi connectivity index (χ1v) is 10.6. The number of ether oxygens (including phenoxy) is 2. The van der Waals surface area contributed by atoms with Crippen LogP contribution in [0.5, 0.6) is 5.75 Å². The van der Waals surface area contributed by atoms with Gasteiger partial charge < -0.3 is 24.6 Å². The van der Waals surface area contributed by atoms with Crippen LogP contribution in [0, 0.1) is 0 Å². The number of hydrogen-bond donors (Lipinski definition) is 2. The molecule has 2 aromatic rings. The summed E-state index contributed by atoms with van der Waals surface area (Å²) in [6, 6.07) is 6.42. The Morgan fingerprint density at radius 3 is 2.65 bits per heavy atom. The predicted octanol–water partition coefficient (Wildman–Crippen LogP) is 3.28. The summed E-state index contributed by atoms with van der Waals surface area (Å²) in [6.45, 7) is 1.07. The molecule has 0 radical (unpaired) electrons. The number of benzene rings is 1. The van der Waals surface area contributed by atoms with Gasteiger partial charge in [0, 0.05) is 19.6 Å². The summed E-state index contributed by atoms with van der Waals surface area (Å²) in [7, 11) is 1.28. The van der Waals surface area contributed by atoms with Crippen LogP contribution >= 0.6 is 11.3 Å². The second-order valence-electron chi connectivity index (χ2n) is 7.48. The van der Waals surface area contributed by atoms with Crippen molar-refractivity contribution in [1.82, 2.24) is 4.90 Å². The second-order valence-corrected chi connectivity index (χ2v) is 8.40. The lowest BCUT2D eigenvalue weighted by Gasteiger charge is -2.39. The molecule has 2 N–H and O–H groups in total. The molecule has 31 heavy (non-hydrogen) atoms. The molecule has 1 aromatic heterocycles. The Morgan fingerprint density at radius 1 is 1.29 bits per heavy atom.